The van der Waals surface area contributed by atoms with Crippen LogP contribution in [0.1, 0.15) is 46.0 Å². The third-order valence-electron chi connectivity index (χ3n) is 5.17. The van der Waals surface area contributed by atoms with E-state index in [0.717, 1.165) is 32.0 Å². The quantitative estimate of drug-likeness (QED) is 0.373. The molecule has 5 nitrogen and oxygen atoms in total. The average Bonchev–Trinajstić information content (AvgIpc) is 2.80. The smallest absolute Gasteiger partial charge is 0.251 e. The highest BCUT2D eigenvalue weighted by atomic mass is 32.2. The molecule has 2 N–H and O–H groups in total. The molecule has 0 spiro atoms. The third kappa shape index (κ3) is 11.6. The van der Waals surface area contributed by atoms with E-state index in [1.807, 2.05) is 0 Å². The van der Waals surface area contributed by atoms with Gasteiger partial charge in [0.15, 0.2) is 9.84 Å². The van der Waals surface area contributed by atoms with Crippen LogP contribution in [0.3, 0.4) is 0 Å². The summed E-state index contributed by atoms with van der Waals surface area (Å²) in [6.07, 6.45) is 3.04. The Labute approximate surface area is 212 Å². The minimum Gasteiger partial charge on any atom is -0.352 e. The van der Waals surface area contributed by atoms with Gasteiger partial charge in [0.05, 0.1) is 5.75 Å². The number of halogens is 2. The van der Waals surface area contributed by atoms with Crippen molar-refractivity contribution in [3.63, 3.8) is 0 Å². The van der Waals surface area contributed by atoms with Crippen molar-refractivity contribution in [3.05, 3.63) is 106 Å². The molecule has 0 aromatic heterocycles. The summed E-state index contributed by atoms with van der Waals surface area (Å²) in [4.78, 5) is 12.2. The summed E-state index contributed by atoms with van der Waals surface area (Å²) >= 11 is 0. The molecule has 0 saturated carbocycles. The maximum Gasteiger partial charge on any atom is 0.251 e. The topological polar surface area (TPSA) is 75.3 Å². The van der Waals surface area contributed by atoms with Gasteiger partial charge in [-0.2, -0.15) is 0 Å². The zero-order valence-corrected chi connectivity index (χ0v) is 21.8. The van der Waals surface area contributed by atoms with Crippen molar-refractivity contribution in [2.75, 3.05) is 19.3 Å². The molecule has 36 heavy (non-hydrogen) atoms. The molecule has 0 unspecified atom stereocenters. The molecule has 3 aromatic carbocycles. The SMILES string of the molecule is CCc1cccc(CNCCCNC(=O)c2cccc(CS(C)(=O)=O)c2)c1.Cc1cc(F)cc(F)c1. The minimum absolute atomic E-state index is 0.0583. The van der Waals surface area contributed by atoms with Crippen molar-refractivity contribution in [3.8, 4) is 0 Å². The van der Waals surface area contributed by atoms with Gasteiger partial charge in [0.25, 0.3) is 5.91 Å². The lowest BCUT2D eigenvalue weighted by atomic mass is 10.1. The van der Waals surface area contributed by atoms with E-state index in [1.165, 1.54) is 29.5 Å². The van der Waals surface area contributed by atoms with Crippen LogP contribution in [-0.2, 0) is 28.6 Å². The standard InChI is InChI=1S/C21H28N2O3S.C7H6F2/c1-3-17-7-4-8-18(13-17)15-22-11-6-12-23-21(24)20-10-5-9-19(14-20)16-27(2,25)26;1-5-2-6(8)4-7(9)3-5/h4-5,7-10,13-14,22H,3,6,11-12,15-16H2,1-2H3,(H,23,24);2-4H,1H3. The predicted octanol–water partition coefficient (Wildman–Crippen LogP) is 4.98. The van der Waals surface area contributed by atoms with Gasteiger partial charge in [-0.25, -0.2) is 17.2 Å². The molecule has 0 aliphatic heterocycles. The normalized spacial score (nSPS) is 10.9. The molecule has 1 amide bonds. The van der Waals surface area contributed by atoms with Crippen LogP contribution in [0.5, 0.6) is 0 Å². The van der Waals surface area contributed by atoms with Crippen LogP contribution in [0.4, 0.5) is 8.78 Å². The Kier molecular flexibility index (Phi) is 11.7. The second-order valence-corrected chi connectivity index (χ2v) is 10.8. The van der Waals surface area contributed by atoms with Gasteiger partial charge in [0, 0.05) is 31.0 Å². The molecular weight excluding hydrogens is 482 g/mol. The van der Waals surface area contributed by atoms with Gasteiger partial charge in [-0.05, 0) is 72.8 Å². The summed E-state index contributed by atoms with van der Waals surface area (Å²) in [6, 6.07) is 18.7. The monoisotopic (exact) mass is 516 g/mol. The lowest BCUT2D eigenvalue weighted by Gasteiger charge is -2.08. The number of nitrogens with one attached hydrogen (secondary N) is 2. The molecule has 3 rings (SSSR count). The Bertz CT molecular complexity index is 1200. The van der Waals surface area contributed by atoms with E-state index in [4.69, 9.17) is 0 Å². The molecule has 0 atom stereocenters. The summed E-state index contributed by atoms with van der Waals surface area (Å²) in [5, 5.41) is 6.26. The second kappa shape index (κ2) is 14.5. The Morgan fingerprint density at radius 1 is 0.861 bits per heavy atom. The van der Waals surface area contributed by atoms with Crippen LogP contribution < -0.4 is 10.6 Å². The number of carbonyl (C=O) groups is 1. The predicted molar refractivity (Wildman–Crippen MR) is 141 cm³/mol. The average molecular weight is 517 g/mol. The first-order valence-electron chi connectivity index (χ1n) is 11.8. The number of hydrogen-bond acceptors (Lipinski definition) is 4. The van der Waals surface area contributed by atoms with Crippen LogP contribution in [-0.4, -0.2) is 33.7 Å². The van der Waals surface area contributed by atoms with E-state index < -0.39 is 21.5 Å². The van der Waals surface area contributed by atoms with E-state index in [-0.39, 0.29) is 11.7 Å². The van der Waals surface area contributed by atoms with Crippen molar-refractivity contribution < 1.29 is 22.0 Å². The summed E-state index contributed by atoms with van der Waals surface area (Å²) in [7, 11) is -3.11. The number of aryl methyl sites for hydroxylation is 2. The first kappa shape index (κ1) is 29.1. The van der Waals surface area contributed by atoms with E-state index in [9.17, 15) is 22.0 Å². The van der Waals surface area contributed by atoms with Crippen LogP contribution in [0.2, 0.25) is 0 Å². The van der Waals surface area contributed by atoms with Gasteiger partial charge in [-0.15, -0.1) is 0 Å². The van der Waals surface area contributed by atoms with Crippen LogP contribution >= 0.6 is 0 Å². The number of hydrogen-bond donors (Lipinski definition) is 2. The van der Waals surface area contributed by atoms with Gasteiger partial charge in [0.2, 0.25) is 0 Å². The number of amides is 1. The highest BCUT2D eigenvalue weighted by Crippen LogP contribution is 2.09. The molecule has 0 fully saturated rings. The van der Waals surface area contributed by atoms with Crippen LogP contribution in [0, 0.1) is 18.6 Å². The fraction of sp³-hybridized carbons (Fsp3) is 0.321. The zero-order chi connectivity index (χ0) is 26.6. The van der Waals surface area contributed by atoms with E-state index in [0.29, 0.717) is 23.2 Å². The van der Waals surface area contributed by atoms with Gasteiger partial charge in [-0.3, -0.25) is 4.79 Å². The van der Waals surface area contributed by atoms with E-state index >= 15 is 0 Å². The number of benzene rings is 3. The van der Waals surface area contributed by atoms with E-state index in [1.54, 1.807) is 31.2 Å². The van der Waals surface area contributed by atoms with Crippen molar-refractivity contribution >= 4 is 15.7 Å². The maximum absolute atomic E-state index is 12.2. The first-order chi connectivity index (χ1) is 17.1. The third-order valence-corrected chi connectivity index (χ3v) is 6.03. The molecule has 194 valence electrons. The van der Waals surface area contributed by atoms with Gasteiger partial charge in [0.1, 0.15) is 11.6 Å². The van der Waals surface area contributed by atoms with Crippen molar-refractivity contribution in [2.45, 2.75) is 39.0 Å². The zero-order valence-electron chi connectivity index (χ0n) is 21.0. The first-order valence-corrected chi connectivity index (χ1v) is 13.9. The van der Waals surface area contributed by atoms with Crippen molar-refractivity contribution in [1.29, 1.82) is 0 Å². The fourth-order valence-electron chi connectivity index (χ4n) is 3.51. The van der Waals surface area contributed by atoms with Gasteiger partial charge >= 0.3 is 0 Å². The Morgan fingerprint density at radius 3 is 2.14 bits per heavy atom. The van der Waals surface area contributed by atoms with Crippen LogP contribution in [0.25, 0.3) is 0 Å². The summed E-state index contributed by atoms with van der Waals surface area (Å²) in [5.41, 5.74) is 4.31. The molecular formula is C28H34F2N2O3S. The molecule has 0 bridgehead atoms. The summed E-state index contributed by atoms with van der Waals surface area (Å²) < 4.78 is 47.1. The molecule has 0 heterocycles. The lowest BCUT2D eigenvalue weighted by Crippen LogP contribution is -2.27. The Balaban J connectivity index is 0.000000425. The summed E-state index contributed by atoms with van der Waals surface area (Å²) in [5.74, 6) is -1.28. The van der Waals surface area contributed by atoms with Crippen LogP contribution in [0.15, 0.2) is 66.7 Å². The molecule has 0 radical (unpaired) electrons. The number of carbonyl (C=O) groups excluding carboxylic acids is 1. The summed E-state index contributed by atoms with van der Waals surface area (Å²) in [6.45, 7) is 5.98. The minimum atomic E-state index is -3.11. The molecule has 0 aliphatic rings. The number of rotatable bonds is 10. The van der Waals surface area contributed by atoms with Gasteiger partial charge in [-0.1, -0.05) is 43.3 Å². The second-order valence-electron chi connectivity index (χ2n) is 8.68. The lowest BCUT2D eigenvalue weighted by molar-refractivity contribution is 0.0953. The molecule has 0 aliphatic carbocycles. The van der Waals surface area contributed by atoms with Crippen molar-refractivity contribution in [2.24, 2.45) is 0 Å². The molecule has 8 heteroatoms. The largest absolute Gasteiger partial charge is 0.352 e. The highest BCUT2D eigenvalue weighted by Gasteiger charge is 2.09. The molecule has 0 saturated heterocycles. The van der Waals surface area contributed by atoms with Crippen molar-refractivity contribution in [1.82, 2.24) is 10.6 Å². The Morgan fingerprint density at radius 2 is 1.50 bits per heavy atom. The number of sulfone groups is 1. The maximum atomic E-state index is 12.2. The Hall–Kier alpha value is -3.10. The highest BCUT2D eigenvalue weighted by molar-refractivity contribution is 7.89. The molecule has 3 aromatic rings. The van der Waals surface area contributed by atoms with E-state index in [2.05, 4.69) is 41.8 Å². The van der Waals surface area contributed by atoms with Gasteiger partial charge < -0.3 is 10.6 Å². The fourth-order valence-corrected chi connectivity index (χ4v) is 4.29.